The summed E-state index contributed by atoms with van der Waals surface area (Å²) in [7, 11) is -2.37. The molecule has 0 fully saturated rings. The largest absolute Gasteiger partial charge is 0.492 e. The van der Waals surface area contributed by atoms with E-state index in [1.165, 1.54) is 19.2 Å². The van der Waals surface area contributed by atoms with Crippen LogP contribution in [-0.2, 0) is 16.6 Å². The number of nitrogens with one attached hydrogen (secondary N) is 1. The van der Waals surface area contributed by atoms with Crippen molar-refractivity contribution >= 4 is 56.4 Å². The van der Waals surface area contributed by atoms with Gasteiger partial charge in [-0.3, -0.25) is 0 Å². The fraction of sp³-hybridized carbons (Fsp3) is 0.0870. The Balaban J connectivity index is 1.81. The van der Waals surface area contributed by atoms with E-state index in [9.17, 15) is 8.42 Å². The molecule has 6 nitrogen and oxygen atoms in total. The van der Waals surface area contributed by atoms with Gasteiger partial charge in [-0.2, -0.15) is 5.10 Å². The molecule has 0 amide bonds. The van der Waals surface area contributed by atoms with Crippen molar-refractivity contribution in [3.63, 3.8) is 0 Å². The molecule has 1 N–H and O–H groups in total. The molecule has 1 aromatic heterocycles. The van der Waals surface area contributed by atoms with Gasteiger partial charge in [0.1, 0.15) is 11.4 Å². The second-order valence-corrected chi connectivity index (χ2v) is 10.6. The Morgan fingerprint density at radius 2 is 1.59 bits per heavy atom. The Kier molecular flexibility index (Phi) is 7.42. The molecule has 0 aliphatic heterocycles. The third kappa shape index (κ3) is 5.20. The topological polar surface area (TPSA) is 73.2 Å². The quantitative estimate of drug-likeness (QED) is 0.277. The fourth-order valence-electron chi connectivity index (χ4n) is 3.35. The summed E-state index contributed by atoms with van der Waals surface area (Å²) in [6, 6.07) is 18.1. The molecule has 4 aromatic rings. The zero-order chi connectivity index (χ0) is 24.5. The number of benzene rings is 3. The van der Waals surface area contributed by atoms with Crippen LogP contribution in [0.25, 0.3) is 16.9 Å². The van der Waals surface area contributed by atoms with Crippen molar-refractivity contribution in [1.82, 2.24) is 14.5 Å². The van der Waals surface area contributed by atoms with Gasteiger partial charge in [0, 0.05) is 20.6 Å². The summed E-state index contributed by atoms with van der Waals surface area (Å²) < 4.78 is 35.5. The number of aromatic nitrogens is 2. The monoisotopic (exact) mass is 555 g/mol. The number of hydrogen-bond donors (Lipinski definition) is 1. The maximum atomic E-state index is 12.8. The van der Waals surface area contributed by atoms with E-state index in [1.54, 1.807) is 47.1 Å². The van der Waals surface area contributed by atoms with E-state index >= 15 is 0 Å². The molecule has 0 saturated heterocycles. The van der Waals surface area contributed by atoms with Crippen molar-refractivity contribution in [2.75, 3.05) is 7.11 Å². The SMILES string of the molecule is COc1c(CNS(=O)(=O)c2cccc(Cl)c2)nn(-c2ccc(Cl)cc2Cl)c1-c1ccc(Cl)cc1. The van der Waals surface area contributed by atoms with Gasteiger partial charge in [0.25, 0.3) is 0 Å². The van der Waals surface area contributed by atoms with E-state index in [-0.39, 0.29) is 11.4 Å². The predicted octanol–water partition coefficient (Wildman–Crippen LogP) is 6.64. The number of hydrogen-bond acceptors (Lipinski definition) is 4. The van der Waals surface area contributed by atoms with E-state index < -0.39 is 10.0 Å². The zero-order valence-corrected chi connectivity index (χ0v) is 21.4. The molecule has 0 aliphatic rings. The summed E-state index contributed by atoms with van der Waals surface area (Å²) in [5, 5.41) is 6.34. The summed E-state index contributed by atoms with van der Waals surface area (Å²) in [6.45, 7) is -0.142. The summed E-state index contributed by atoms with van der Waals surface area (Å²) in [6.07, 6.45) is 0. The van der Waals surface area contributed by atoms with Gasteiger partial charge in [0.05, 0.1) is 29.3 Å². The van der Waals surface area contributed by atoms with Crippen molar-refractivity contribution in [2.24, 2.45) is 0 Å². The lowest BCUT2D eigenvalue weighted by atomic mass is 10.1. The van der Waals surface area contributed by atoms with E-state index in [2.05, 4.69) is 9.82 Å². The molecule has 0 radical (unpaired) electrons. The van der Waals surface area contributed by atoms with Crippen LogP contribution in [0.2, 0.25) is 20.1 Å². The third-order valence-corrected chi connectivity index (χ3v) is 7.33. The molecule has 0 unspecified atom stereocenters. The first-order chi connectivity index (χ1) is 16.2. The molecule has 0 spiro atoms. The predicted molar refractivity (Wildman–Crippen MR) is 136 cm³/mol. The minimum Gasteiger partial charge on any atom is -0.492 e. The summed E-state index contributed by atoms with van der Waals surface area (Å²) in [5.74, 6) is 0.377. The Morgan fingerprint density at radius 3 is 2.24 bits per heavy atom. The smallest absolute Gasteiger partial charge is 0.240 e. The van der Waals surface area contributed by atoms with Gasteiger partial charge in [0.2, 0.25) is 10.0 Å². The van der Waals surface area contributed by atoms with E-state index in [4.69, 9.17) is 51.1 Å². The van der Waals surface area contributed by atoms with Gasteiger partial charge in [-0.15, -0.1) is 0 Å². The summed E-state index contributed by atoms with van der Waals surface area (Å²) in [4.78, 5) is 0.0390. The first-order valence-electron chi connectivity index (χ1n) is 9.82. The fourth-order valence-corrected chi connectivity index (χ4v) is 5.25. The molecular weight excluding hydrogens is 540 g/mol. The minimum atomic E-state index is -3.86. The first kappa shape index (κ1) is 24.9. The van der Waals surface area contributed by atoms with Crippen molar-refractivity contribution in [1.29, 1.82) is 0 Å². The van der Waals surface area contributed by atoms with Gasteiger partial charge in [-0.05, 0) is 48.5 Å². The first-order valence-corrected chi connectivity index (χ1v) is 12.8. The maximum Gasteiger partial charge on any atom is 0.240 e. The molecule has 1 heterocycles. The second-order valence-electron chi connectivity index (χ2n) is 7.12. The van der Waals surface area contributed by atoms with E-state index in [0.29, 0.717) is 42.9 Å². The number of sulfonamides is 1. The van der Waals surface area contributed by atoms with Crippen molar-refractivity contribution in [3.8, 4) is 22.7 Å². The van der Waals surface area contributed by atoms with Crippen molar-refractivity contribution in [2.45, 2.75) is 11.4 Å². The van der Waals surface area contributed by atoms with Crippen LogP contribution in [0, 0.1) is 0 Å². The molecule has 0 aliphatic carbocycles. The van der Waals surface area contributed by atoms with Gasteiger partial charge in [-0.1, -0.05) is 64.6 Å². The maximum absolute atomic E-state index is 12.8. The summed E-state index contributed by atoms with van der Waals surface area (Å²) in [5.41, 5.74) is 2.20. The van der Waals surface area contributed by atoms with Gasteiger partial charge in [0.15, 0.2) is 5.75 Å². The lowest BCUT2D eigenvalue weighted by Crippen LogP contribution is -2.23. The number of rotatable bonds is 7. The van der Waals surface area contributed by atoms with Gasteiger partial charge < -0.3 is 4.74 Å². The second kappa shape index (κ2) is 10.2. The highest BCUT2D eigenvalue weighted by molar-refractivity contribution is 7.89. The molecule has 11 heteroatoms. The van der Waals surface area contributed by atoms with Crippen LogP contribution in [-0.4, -0.2) is 25.3 Å². The molecule has 34 heavy (non-hydrogen) atoms. The van der Waals surface area contributed by atoms with Crippen LogP contribution in [0.5, 0.6) is 5.75 Å². The van der Waals surface area contributed by atoms with E-state index in [0.717, 1.165) is 5.56 Å². The van der Waals surface area contributed by atoms with Crippen LogP contribution in [0.1, 0.15) is 5.69 Å². The Morgan fingerprint density at radius 1 is 0.912 bits per heavy atom. The highest BCUT2D eigenvalue weighted by atomic mass is 35.5. The Bertz CT molecular complexity index is 1460. The minimum absolute atomic E-state index is 0.0390. The van der Waals surface area contributed by atoms with Crippen LogP contribution in [0.15, 0.2) is 71.6 Å². The molecule has 4 rings (SSSR count). The van der Waals surface area contributed by atoms with Crippen LogP contribution in [0.3, 0.4) is 0 Å². The highest BCUT2D eigenvalue weighted by Gasteiger charge is 2.24. The number of methoxy groups -OCH3 is 1. The number of nitrogens with zero attached hydrogens (tertiary/aromatic N) is 2. The van der Waals surface area contributed by atoms with Crippen LogP contribution in [0.4, 0.5) is 0 Å². The molecule has 0 bridgehead atoms. The number of halogens is 4. The lowest BCUT2D eigenvalue weighted by molar-refractivity contribution is 0.410. The number of ether oxygens (including phenoxy) is 1. The van der Waals surface area contributed by atoms with Crippen molar-refractivity contribution in [3.05, 3.63) is 92.5 Å². The normalized spacial score (nSPS) is 11.6. The van der Waals surface area contributed by atoms with Crippen molar-refractivity contribution < 1.29 is 13.2 Å². The van der Waals surface area contributed by atoms with Crippen LogP contribution < -0.4 is 9.46 Å². The third-order valence-electron chi connectivity index (χ3n) is 4.91. The lowest BCUT2D eigenvalue weighted by Gasteiger charge is -2.11. The Labute approximate surface area is 217 Å². The van der Waals surface area contributed by atoms with Gasteiger partial charge >= 0.3 is 0 Å². The molecule has 0 atom stereocenters. The average Bonchev–Trinajstić information content (AvgIpc) is 3.16. The molecular formula is C23H17Cl4N3O3S. The standard InChI is InChI=1S/C23H17Cl4N3O3S/c1-33-23-20(13-28-34(31,32)18-4-2-3-16(25)11-18)29-30(21-10-9-17(26)12-19(21)27)22(23)14-5-7-15(24)8-6-14/h2-12,28H,13H2,1H3. The average molecular weight is 557 g/mol. The van der Waals surface area contributed by atoms with Gasteiger partial charge in [-0.25, -0.2) is 17.8 Å². The van der Waals surface area contributed by atoms with Crippen LogP contribution >= 0.6 is 46.4 Å². The van der Waals surface area contributed by atoms with E-state index in [1.807, 2.05) is 12.1 Å². The molecule has 176 valence electrons. The molecule has 3 aromatic carbocycles. The highest BCUT2D eigenvalue weighted by Crippen LogP contribution is 2.38. The summed E-state index contributed by atoms with van der Waals surface area (Å²) >= 11 is 24.6. The molecule has 0 saturated carbocycles. The Hall–Kier alpha value is -2.26. The zero-order valence-electron chi connectivity index (χ0n) is 17.6.